The molecule has 0 saturated carbocycles. The molecule has 0 aliphatic carbocycles. The van der Waals surface area contributed by atoms with Gasteiger partial charge in [0.05, 0.1) is 12.3 Å². The Bertz CT molecular complexity index is 1060. The first-order chi connectivity index (χ1) is 15.2. The van der Waals surface area contributed by atoms with E-state index in [1.807, 2.05) is 13.0 Å². The third-order valence-corrected chi connectivity index (χ3v) is 6.69. The van der Waals surface area contributed by atoms with Crippen molar-refractivity contribution >= 4 is 27.7 Å². The lowest BCUT2D eigenvalue weighted by atomic mass is 10.1. The van der Waals surface area contributed by atoms with Crippen LogP contribution in [0, 0.1) is 6.92 Å². The molecular weight excluding hydrogens is 430 g/mol. The summed E-state index contributed by atoms with van der Waals surface area (Å²) in [4.78, 5) is 31.0. The number of carbonyl (C=O) groups is 2. The molecule has 2 aromatic rings. The highest BCUT2D eigenvalue weighted by Gasteiger charge is 2.31. The topological polar surface area (TPSA) is 134 Å². The number of hydrogen-bond donors (Lipinski definition) is 3. The van der Waals surface area contributed by atoms with Crippen LogP contribution in [-0.4, -0.2) is 49.2 Å². The van der Waals surface area contributed by atoms with Gasteiger partial charge in [-0.15, -0.1) is 0 Å². The number of nitrogens with zero attached hydrogens (tertiary/aromatic N) is 2. The van der Waals surface area contributed by atoms with Gasteiger partial charge < -0.3 is 16.0 Å². The number of rotatable bonds is 8. The lowest BCUT2D eigenvalue weighted by molar-refractivity contribution is -0.136. The summed E-state index contributed by atoms with van der Waals surface area (Å²) in [7, 11) is -3.71. The molecule has 9 nitrogen and oxygen atoms in total. The Morgan fingerprint density at radius 2 is 1.94 bits per heavy atom. The van der Waals surface area contributed by atoms with E-state index < -0.39 is 16.1 Å². The van der Waals surface area contributed by atoms with Gasteiger partial charge in [-0.3, -0.25) is 9.59 Å². The van der Waals surface area contributed by atoms with E-state index in [9.17, 15) is 18.0 Å². The highest BCUT2D eigenvalue weighted by atomic mass is 32.2. The van der Waals surface area contributed by atoms with Crippen molar-refractivity contribution in [2.75, 3.05) is 18.8 Å². The van der Waals surface area contributed by atoms with Gasteiger partial charge in [-0.2, -0.15) is 0 Å². The zero-order chi connectivity index (χ0) is 23.1. The van der Waals surface area contributed by atoms with Crippen LogP contribution < -0.4 is 15.8 Å². The highest BCUT2D eigenvalue weighted by molar-refractivity contribution is 7.88. The molecule has 0 spiro atoms. The number of benzene rings is 1. The summed E-state index contributed by atoms with van der Waals surface area (Å²) in [6, 6.07) is 11.4. The maximum absolute atomic E-state index is 13.0. The standard InChI is InChI=1S/C22H29N5O4S/c1-16-18(10-11-20(23)25-16)13-24-21(28)14-27-12-6-5-9-19(22(27)29)26-32(30,31)15-17-7-3-2-4-8-17/h2-4,7-8,10-11,19,26H,5-6,9,12-15H2,1H3,(H2,23,25)(H,24,28). The molecule has 1 saturated heterocycles. The SMILES string of the molecule is Cc1nc(N)ccc1CNC(=O)CN1CCCCC(NS(=O)(=O)Cc2ccccc2)C1=O. The first kappa shape index (κ1) is 23.7. The van der Waals surface area contributed by atoms with Crippen molar-refractivity contribution in [2.24, 2.45) is 0 Å². The molecule has 1 aliphatic rings. The number of likely N-dealkylation sites (tertiary alicyclic amines) is 1. The summed E-state index contributed by atoms with van der Waals surface area (Å²) in [5, 5.41) is 2.79. The normalized spacial score (nSPS) is 17.1. The summed E-state index contributed by atoms with van der Waals surface area (Å²) in [6.07, 6.45) is 1.80. The van der Waals surface area contributed by atoms with Crippen molar-refractivity contribution in [3.63, 3.8) is 0 Å². The molecule has 10 heteroatoms. The smallest absolute Gasteiger partial charge is 0.241 e. The molecule has 2 amide bonds. The van der Waals surface area contributed by atoms with Crippen LogP contribution >= 0.6 is 0 Å². The van der Waals surface area contributed by atoms with Gasteiger partial charge in [0.15, 0.2) is 0 Å². The van der Waals surface area contributed by atoms with E-state index in [1.54, 1.807) is 36.4 Å². The third-order valence-electron chi connectivity index (χ3n) is 5.33. The monoisotopic (exact) mass is 459 g/mol. The average Bonchev–Trinajstić information content (AvgIpc) is 2.89. The van der Waals surface area contributed by atoms with Crippen LogP contribution in [0.15, 0.2) is 42.5 Å². The maximum Gasteiger partial charge on any atom is 0.241 e. The Morgan fingerprint density at radius 3 is 2.66 bits per heavy atom. The largest absolute Gasteiger partial charge is 0.384 e. The fourth-order valence-corrected chi connectivity index (χ4v) is 5.01. The first-order valence-corrected chi connectivity index (χ1v) is 12.2. The molecule has 0 bridgehead atoms. The molecule has 1 fully saturated rings. The molecule has 1 unspecified atom stereocenters. The number of amides is 2. The molecule has 3 rings (SSSR count). The van der Waals surface area contributed by atoms with E-state index in [0.717, 1.165) is 11.3 Å². The lowest BCUT2D eigenvalue weighted by Crippen LogP contribution is -2.50. The maximum atomic E-state index is 13.0. The van der Waals surface area contributed by atoms with Crippen molar-refractivity contribution in [3.8, 4) is 0 Å². The Hall–Kier alpha value is -2.98. The number of anilines is 1. The Morgan fingerprint density at radius 1 is 1.19 bits per heavy atom. The van der Waals surface area contributed by atoms with Gasteiger partial charge in [0.2, 0.25) is 21.8 Å². The number of pyridine rings is 1. The van der Waals surface area contributed by atoms with Crippen LogP contribution in [-0.2, 0) is 31.9 Å². The fraction of sp³-hybridized carbons (Fsp3) is 0.409. The number of nitrogens with one attached hydrogen (secondary N) is 2. The number of aromatic nitrogens is 1. The molecule has 32 heavy (non-hydrogen) atoms. The number of aryl methyl sites for hydroxylation is 1. The van der Waals surface area contributed by atoms with Gasteiger partial charge in [-0.1, -0.05) is 36.4 Å². The highest BCUT2D eigenvalue weighted by Crippen LogP contribution is 2.15. The van der Waals surface area contributed by atoms with E-state index in [-0.39, 0.29) is 30.7 Å². The van der Waals surface area contributed by atoms with Crippen molar-refractivity contribution in [1.29, 1.82) is 0 Å². The zero-order valence-corrected chi connectivity index (χ0v) is 18.9. The second-order valence-electron chi connectivity index (χ2n) is 7.93. The lowest BCUT2D eigenvalue weighted by Gasteiger charge is -2.24. The van der Waals surface area contributed by atoms with Crippen molar-refractivity contribution in [3.05, 3.63) is 59.3 Å². The Balaban J connectivity index is 1.58. The van der Waals surface area contributed by atoms with Gasteiger partial charge in [0, 0.05) is 18.8 Å². The van der Waals surface area contributed by atoms with E-state index in [0.29, 0.717) is 37.2 Å². The molecule has 1 atom stereocenters. The van der Waals surface area contributed by atoms with E-state index >= 15 is 0 Å². The number of nitrogen functional groups attached to an aromatic ring is 1. The van der Waals surface area contributed by atoms with Crippen molar-refractivity contribution in [1.82, 2.24) is 19.9 Å². The van der Waals surface area contributed by atoms with Crippen LogP contribution in [0.3, 0.4) is 0 Å². The number of sulfonamides is 1. The van der Waals surface area contributed by atoms with Gasteiger partial charge in [0.1, 0.15) is 11.9 Å². The summed E-state index contributed by atoms with van der Waals surface area (Å²) < 4.78 is 27.7. The van der Waals surface area contributed by atoms with Crippen LogP contribution in [0.4, 0.5) is 5.82 Å². The minimum atomic E-state index is -3.71. The van der Waals surface area contributed by atoms with Crippen LogP contribution in [0.25, 0.3) is 0 Å². The fourth-order valence-electron chi connectivity index (χ4n) is 3.64. The summed E-state index contributed by atoms with van der Waals surface area (Å²) in [5.74, 6) is -0.483. The van der Waals surface area contributed by atoms with Crippen LogP contribution in [0.5, 0.6) is 0 Å². The third kappa shape index (κ3) is 6.76. The molecule has 1 aliphatic heterocycles. The molecule has 4 N–H and O–H groups in total. The predicted molar refractivity (Wildman–Crippen MR) is 122 cm³/mol. The van der Waals surface area contributed by atoms with Gasteiger partial charge in [0.25, 0.3) is 0 Å². The minimum absolute atomic E-state index is 0.128. The second kappa shape index (κ2) is 10.6. The Labute approximate surface area is 188 Å². The summed E-state index contributed by atoms with van der Waals surface area (Å²) in [6.45, 7) is 2.36. The van der Waals surface area contributed by atoms with E-state index in [4.69, 9.17) is 5.73 Å². The average molecular weight is 460 g/mol. The molecule has 1 aromatic carbocycles. The predicted octanol–water partition coefficient (Wildman–Crippen LogP) is 1.09. The van der Waals surface area contributed by atoms with Crippen molar-refractivity contribution in [2.45, 2.75) is 44.5 Å². The second-order valence-corrected chi connectivity index (χ2v) is 9.68. The van der Waals surface area contributed by atoms with E-state index in [2.05, 4.69) is 15.0 Å². The van der Waals surface area contributed by atoms with Gasteiger partial charge in [-0.25, -0.2) is 18.1 Å². The van der Waals surface area contributed by atoms with Crippen molar-refractivity contribution < 1.29 is 18.0 Å². The molecular formula is C22H29N5O4S. The van der Waals surface area contributed by atoms with Gasteiger partial charge in [-0.05, 0) is 43.4 Å². The summed E-state index contributed by atoms with van der Waals surface area (Å²) in [5.41, 5.74) is 7.85. The zero-order valence-electron chi connectivity index (χ0n) is 18.1. The molecule has 172 valence electrons. The number of hydrogen-bond acceptors (Lipinski definition) is 6. The number of carbonyl (C=O) groups excluding carboxylic acids is 2. The first-order valence-electron chi connectivity index (χ1n) is 10.5. The van der Waals surface area contributed by atoms with E-state index in [1.165, 1.54) is 4.90 Å². The number of nitrogens with two attached hydrogens (primary N) is 1. The van der Waals surface area contributed by atoms with Crippen LogP contribution in [0.1, 0.15) is 36.1 Å². The summed E-state index contributed by atoms with van der Waals surface area (Å²) >= 11 is 0. The molecule has 0 radical (unpaired) electrons. The quantitative estimate of drug-likeness (QED) is 0.541. The van der Waals surface area contributed by atoms with Gasteiger partial charge >= 0.3 is 0 Å². The molecule has 1 aromatic heterocycles. The Kier molecular flexibility index (Phi) is 7.81. The van der Waals surface area contributed by atoms with Crippen LogP contribution in [0.2, 0.25) is 0 Å². The minimum Gasteiger partial charge on any atom is -0.384 e. The molecule has 2 heterocycles.